The first-order valence-electron chi connectivity index (χ1n) is 6.80. The van der Waals surface area contributed by atoms with Gasteiger partial charge in [-0.15, -0.1) is 0 Å². The number of aryl methyl sites for hydroxylation is 2. The van der Waals surface area contributed by atoms with E-state index in [1.54, 1.807) is 0 Å². The quantitative estimate of drug-likeness (QED) is 0.739. The predicted molar refractivity (Wildman–Crippen MR) is 73.5 cm³/mol. The molecule has 1 atom stereocenters. The van der Waals surface area contributed by atoms with Crippen molar-refractivity contribution in [1.82, 2.24) is 15.1 Å². The molecule has 17 heavy (non-hydrogen) atoms. The SMILES string of the molecule is CCc1c(C)nn(CCCCC(C)NC)c1C. The standard InChI is InChI=1S/C14H27N3/c1-6-14-12(3)16-17(13(14)4)10-8-7-9-11(2)15-5/h11,15H,6-10H2,1-5H3. The summed E-state index contributed by atoms with van der Waals surface area (Å²) in [6.07, 6.45) is 4.82. The summed E-state index contributed by atoms with van der Waals surface area (Å²) in [7, 11) is 2.03. The highest BCUT2D eigenvalue weighted by atomic mass is 15.3. The van der Waals surface area contributed by atoms with Crippen LogP contribution in [-0.2, 0) is 13.0 Å². The largest absolute Gasteiger partial charge is 0.317 e. The van der Waals surface area contributed by atoms with E-state index in [1.165, 1.54) is 36.2 Å². The second-order valence-corrected chi connectivity index (χ2v) is 4.91. The van der Waals surface area contributed by atoms with E-state index in [0.717, 1.165) is 13.0 Å². The van der Waals surface area contributed by atoms with Crippen molar-refractivity contribution in [3.63, 3.8) is 0 Å². The molecule has 3 heteroatoms. The summed E-state index contributed by atoms with van der Waals surface area (Å²) in [6.45, 7) is 9.80. The van der Waals surface area contributed by atoms with E-state index >= 15 is 0 Å². The van der Waals surface area contributed by atoms with Crippen LogP contribution in [-0.4, -0.2) is 22.9 Å². The Morgan fingerprint density at radius 2 is 2.00 bits per heavy atom. The van der Waals surface area contributed by atoms with Gasteiger partial charge in [0.05, 0.1) is 5.69 Å². The highest BCUT2D eigenvalue weighted by Crippen LogP contribution is 2.14. The second-order valence-electron chi connectivity index (χ2n) is 4.91. The lowest BCUT2D eigenvalue weighted by atomic mass is 10.1. The summed E-state index contributed by atoms with van der Waals surface area (Å²) in [5, 5.41) is 7.89. The number of rotatable bonds is 7. The molecule has 0 saturated carbocycles. The summed E-state index contributed by atoms with van der Waals surface area (Å²) in [5.74, 6) is 0. The van der Waals surface area contributed by atoms with Crippen molar-refractivity contribution < 1.29 is 0 Å². The fourth-order valence-electron chi connectivity index (χ4n) is 2.32. The Morgan fingerprint density at radius 3 is 2.53 bits per heavy atom. The van der Waals surface area contributed by atoms with Crippen LogP contribution in [0.2, 0.25) is 0 Å². The third-order valence-electron chi connectivity index (χ3n) is 3.63. The molecule has 3 nitrogen and oxygen atoms in total. The molecule has 0 aromatic carbocycles. The second kappa shape index (κ2) is 6.80. The van der Waals surface area contributed by atoms with Gasteiger partial charge in [0.25, 0.3) is 0 Å². The minimum absolute atomic E-state index is 0.627. The van der Waals surface area contributed by atoms with Crippen molar-refractivity contribution in [1.29, 1.82) is 0 Å². The van der Waals surface area contributed by atoms with Crippen molar-refractivity contribution in [2.24, 2.45) is 0 Å². The molecule has 0 saturated heterocycles. The number of nitrogens with one attached hydrogen (secondary N) is 1. The van der Waals surface area contributed by atoms with Gasteiger partial charge in [-0.1, -0.05) is 13.3 Å². The van der Waals surface area contributed by atoms with E-state index in [0.29, 0.717) is 6.04 Å². The molecule has 0 aliphatic rings. The van der Waals surface area contributed by atoms with Gasteiger partial charge in [0.15, 0.2) is 0 Å². The molecule has 0 aliphatic carbocycles. The van der Waals surface area contributed by atoms with Gasteiger partial charge in [-0.05, 0) is 52.6 Å². The minimum atomic E-state index is 0.627. The van der Waals surface area contributed by atoms with E-state index in [2.05, 4.69) is 42.8 Å². The zero-order valence-electron chi connectivity index (χ0n) is 12.0. The number of aromatic nitrogens is 2. The monoisotopic (exact) mass is 237 g/mol. The van der Waals surface area contributed by atoms with Crippen molar-refractivity contribution in [3.05, 3.63) is 17.0 Å². The van der Waals surface area contributed by atoms with Crippen LogP contribution in [0, 0.1) is 13.8 Å². The molecule has 1 unspecified atom stereocenters. The van der Waals surface area contributed by atoms with Gasteiger partial charge in [0, 0.05) is 18.3 Å². The molecule has 1 aromatic rings. The third-order valence-corrected chi connectivity index (χ3v) is 3.63. The third kappa shape index (κ3) is 3.84. The Balaban J connectivity index is 2.42. The molecular formula is C14H27N3. The van der Waals surface area contributed by atoms with Gasteiger partial charge in [-0.2, -0.15) is 5.10 Å². The molecule has 0 fully saturated rings. The fourth-order valence-corrected chi connectivity index (χ4v) is 2.32. The normalized spacial score (nSPS) is 13.0. The molecule has 1 heterocycles. The summed E-state index contributed by atoms with van der Waals surface area (Å²) >= 11 is 0. The van der Waals surface area contributed by atoms with Crippen LogP contribution in [0.3, 0.4) is 0 Å². The first-order chi connectivity index (χ1) is 8.10. The van der Waals surface area contributed by atoms with Crippen molar-refractivity contribution >= 4 is 0 Å². The average Bonchev–Trinajstić information content (AvgIpc) is 2.59. The van der Waals surface area contributed by atoms with Crippen LogP contribution in [0.4, 0.5) is 0 Å². The smallest absolute Gasteiger partial charge is 0.0628 e. The predicted octanol–water partition coefficient (Wildman–Crippen LogP) is 2.84. The number of hydrogen-bond donors (Lipinski definition) is 1. The van der Waals surface area contributed by atoms with Crippen LogP contribution in [0.5, 0.6) is 0 Å². The molecule has 0 bridgehead atoms. The Bertz CT molecular complexity index is 341. The van der Waals surface area contributed by atoms with E-state index in [-0.39, 0.29) is 0 Å². The van der Waals surface area contributed by atoms with Gasteiger partial charge in [0.2, 0.25) is 0 Å². The Hall–Kier alpha value is -0.830. The fraction of sp³-hybridized carbons (Fsp3) is 0.786. The number of unbranched alkanes of at least 4 members (excludes halogenated alkanes) is 1. The summed E-state index contributed by atoms with van der Waals surface area (Å²) in [6, 6.07) is 0.627. The van der Waals surface area contributed by atoms with Crippen LogP contribution < -0.4 is 5.32 Å². The lowest BCUT2D eigenvalue weighted by Crippen LogP contribution is -2.20. The van der Waals surface area contributed by atoms with Crippen LogP contribution in [0.15, 0.2) is 0 Å². The summed E-state index contributed by atoms with van der Waals surface area (Å²) in [4.78, 5) is 0. The van der Waals surface area contributed by atoms with Crippen molar-refractivity contribution in [3.8, 4) is 0 Å². The molecule has 0 spiro atoms. The molecular weight excluding hydrogens is 210 g/mol. The van der Waals surface area contributed by atoms with Gasteiger partial charge in [0.1, 0.15) is 0 Å². The van der Waals surface area contributed by atoms with Crippen LogP contribution in [0.25, 0.3) is 0 Å². The lowest BCUT2D eigenvalue weighted by molar-refractivity contribution is 0.484. The van der Waals surface area contributed by atoms with Gasteiger partial charge in [-0.3, -0.25) is 4.68 Å². The summed E-state index contributed by atoms with van der Waals surface area (Å²) < 4.78 is 2.18. The molecule has 98 valence electrons. The first-order valence-corrected chi connectivity index (χ1v) is 6.80. The minimum Gasteiger partial charge on any atom is -0.317 e. The number of hydrogen-bond acceptors (Lipinski definition) is 2. The number of nitrogens with zero attached hydrogens (tertiary/aromatic N) is 2. The van der Waals surface area contributed by atoms with E-state index in [4.69, 9.17) is 0 Å². The Kier molecular flexibility index (Phi) is 5.69. The molecule has 1 N–H and O–H groups in total. The zero-order valence-corrected chi connectivity index (χ0v) is 12.0. The van der Waals surface area contributed by atoms with E-state index in [1.807, 2.05) is 7.05 Å². The maximum absolute atomic E-state index is 4.62. The zero-order chi connectivity index (χ0) is 12.8. The maximum Gasteiger partial charge on any atom is 0.0628 e. The molecule has 0 aliphatic heterocycles. The van der Waals surface area contributed by atoms with E-state index < -0.39 is 0 Å². The Morgan fingerprint density at radius 1 is 1.29 bits per heavy atom. The Labute approximate surface area is 106 Å². The first kappa shape index (κ1) is 14.2. The molecule has 1 rings (SSSR count). The van der Waals surface area contributed by atoms with Crippen LogP contribution >= 0.6 is 0 Å². The highest BCUT2D eigenvalue weighted by molar-refractivity contribution is 5.24. The van der Waals surface area contributed by atoms with Gasteiger partial charge < -0.3 is 5.32 Å². The van der Waals surface area contributed by atoms with Crippen molar-refractivity contribution in [2.75, 3.05) is 7.05 Å². The molecule has 1 aromatic heterocycles. The van der Waals surface area contributed by atoms with Crippen LogP contribution in [0.1, 0.15) is 50.1 Å². The van der Waals surface area contributed by atoms with Gasteiger partial charge >= 0.3 is 0 Å². The molecule has 0 amide bonds. The van der Waals surface area contributed by atoms with Gasteiger partial charge in [-0.25, -0.2) is 0 Å². The maximum atomic E-state index is 4.62. The van der Waals surface area contributed by atoms with E-state index in [9.17, 15) is 0 Å². The summed E-state index contributed by atoms with van der Waals surface area (Å²) in [5.41, 5.74) is 3.98. The average molecular weight is 237 g/mol. The molecule has 0 radical (unpaired) electrons. The highest BCUT2D eigenvalue weighted by Gasteiger charge is 2.09. The lowest BCUT2D eigenvalue weighted by Gasteiger charge is -2.10. The van der Waals surface area contributed by atoms with Crippen molar-refractivity contribution in [2.45, 2.75) is 66.0 Å². The topological polar surface area (TPSA) is 29.9 Å².